The number of aromatic nitrogens is 2. The number of nitrogens with zero attached hydrogens (tertiary/aromatic N) is 1. The largest absolute Gasteiger partial charge is 0.497 e. The molecule has 0 aliphatic carbocycles. The summed E-state index contributed by atoms with van der Waals surface area (Å²) in [4.78, 5) is 27.5. The molecular formula is C39H48N2O7Si. The Morgan fingerprint density at radius 1 is 0.878 bits per heavy atom. The molecule has 1 aliphatic heterocycles. The van der Waals surface area contributed by atoms with Crippen molar-refractivity contribution in [2.45, 2.75) is 81.6 Å². The third-order valence-electron chi connectivity index (χ3n) is 9.81. The number of rotatable bonds is 13. The molecule has 0 spiro atoms. The highest BCUT2D eigenvalue weighted by molar-refractivity contribution is 6.74. The van der Waals surface area contributed by atoms with E-state index in [9.17, 15) is 9.59 Å². The van der Waals surface area contributed by atoms with E-state index in [2.05, 4.69) is 69.7 Å². The van der Waals surface area contributed by atoms with Crippen LogP contribution < -0.4 is 16.0 Å². The Bertz CT molecular complexity index is 1760. The van der Waals surface area contributed by atoms with Crippen LogP contribution in [0.3, 0.4) is 0 Å². The summed E-state index contributed by atoms with van der Waals surface area (Å²) in [5, 5.41) is -0.140. The Morgan fingerprint density at radius 2 is 1.45 bits per heavy atom. The lowest BCUT2D eigenvalue weighted by atomic mass is 9.79. The molecule has 0 amide bonds. The molecule has 0 radical (unpaired) electrons. The summed E-state index contributed by atoms with van der Waals surface area (Å²) >= 11 is 0. The van der Waals surface area contributed by atoms with Gasteiger partial charge in [0.2, 0.25) is 0 Å². The second-order valence-corrected chi connectivity index (χ2v) is 18.6. The van der Waals surface area contributed by atoms with Crippen molar-refractivity contribution in [2.75, 3.05) is 14.2 Å². The van der Waals surface area contributed by atoms with E-state index in [1.807, 2.05) is 66.7 Å². The zero-order valence-electron chi connectivity index (χ0n) is 29.4. The summed E-state index contributed by atoms with van der Waals surface area (Å²) < 4.78 is 34.6. The first-order valence-electron chi connectivity index (χ1n) is 16.6. The molecule has 2 heterocycles. The summed E-state index contributed by atoms with van der Waals surface area (Å²) in [5.74, 6) is 0.723. The third kappa shape index (κ3) is 7.29. The predicted octanol–water partition coefficient (Wildman–Crippen LogP) is 6.80. The highest BCUT2D eigenvalue weighted by Crippen LogP contribution is 2.47. The monoisotopic (exact) mass is 684 g/mol. The number of benzene rings is 3. The van der Waals surface area contributed by atoms with Gasteiger partial charge < -0.3 is 23.4 Å². The summed E-state index contributed by atoms with van der Waals surface area (Å²) in [6, 6.07) is 29.4. The summed E-state index contributed by atoms with van der Waals surface area (Å²) in [5.41, 5.74) is 0.503. The predicted molar refractivity (Wildman–Crippen MR) is 194 cm³/mol. The van der Waals surface area contributed by atoms with Crippen molar-refractivity contribution in [3.05, 3.63) is 147 Å². The van der Waals surface area contributed by atoms with E-state index in [-0.39, 0.29) is 5.04 Å². The maximum Gasteiger partial charge on any atom is 0.330 e. The van der Waals surface area contributed by atoms with Crippen molar-refractivity contribution in [2.24, 2.45) is 0 Å². The standard InChI is InChI=1S/C39H48N2O7Si/c1-9-16-31(33-34(48-49(7,8)38(2,3)4)35(45-6)36(46-33)41-26-25-32(42)40-37(41)43)47-39(27-17-12-10-13-18-27,28-19-14-11-15-20-28)29-21-23-30(44-5)24-22-29/h9-15,17-26,31,33-36H,1,16H2,2-8H3,(H,40,42,43)/t31-,33+,34+,35+,36+/m0/s1. The maximum atomic E-state index is 13.2. The first-order valence-corrected chi connectivity index (χ1v) is 19.5. The molecule has 5 atom stereocenters. The lowest BCUT2D eigenvalue weighted by molar-refractivity contribution is -0.142. The summed E-state index contributed by atoms with van der Waals surface area (Å²) in [6.45, 7) is 15.0. The SMILES string of the molecule is C=CC[C@H](OC(c1ccccc1)(c1ccccc1)c1ccc(OC)cc1)[C@H]1O[C@@H](n2ccc(=O)[nH]c2=O)[C@H](OC)[C@@H]1O[Si](C)(C)C(C)(C)C. The minimum Gasteiger partial charge on any atom is -0.497 e. The van der Waals surface area contributed by atoms with Gasteiger partial charge in [0, 0.05) is 19.4 Å². The average Bonchev–Trinajstić information content (AvgIpc) is 3.44. The van der Waals surface area contributed by atoms with Gasteiger partial charge in [0.25, 0.3) is 5.56 Å². The molecule has 1 aromatic heterocycles. The first kappa shape index (κ1) is 36.2. The van der Waals surface area contributed by atoms with Crippen LogP contribution in [0, 0.1) is 0 Å². The Morgan fingerprint density at radius 3 is 1.94 bits per heavy atom. The second-order valence-electron chi connectivity index (χ2n) is 13.9. The number of H-pyrrole nitrogens is 1. The van der Waals surface area contributed by atoms with Gasteiger partial charge in [0.05, 0.1) is 13.2 Å². The van der Waals surface area contributed by atoms with Crippen LogP contribution in [0.2, 0.25) is 18.1 Å². The van der Waals surface area contributed by atoms with Gasteiger partial charge >= 0.3 is 5.69 Å². The number of nitrogens with one attached hydrogen (secondary N) is 1. The summed E-state index contributed by atoms with van der Waals surface area (Å²) in [7, 11) is 0.774. The van der Waals surface area contributed by atoms with Crippen LogP contribution in [-0.2, 0) is 24.2 Å². The number of aromatic amines is 1. The number of hydrogen-bond donors (Lipinski definition) is 1. The molecule has 10 heteroatoms. The average molecular weight is 685 g/mol. The quantitative estimate of drug-likeness (QED) is 0.0939. The second kappa shape index (κ2) is 14.8. The van der Waals surface area contributed by atoms with Crippen LogP contribution in [0.4, 0.5) is 0 Å². The number of ether oxygens (including phenoxy) is 4. The van der Waals surface area contributed by atoms with E-state index in [1.165, 1.54) is 16.8 Å². The van der Waals surface area contributed by atoms with Gasteiger partial charge in [0.15, 0.2) is 14.5 Å². The molecule has 0 saturated carbocycles. The van der Waals surface area contributed by atoms with Crippen molar-refractivity contribution in [1.82, 2.24) is 9.55 Å². The number of hydrogen-bond acceptors (Lipinski definition) is 7. The minimum absolute atomic E-state index is 0.140. The highest BCUT2D eigenvalue weighted by Gasteiger charge is 2.55. The van der Waals surface area contributed by atoms with E-state index in [4.69, 9.17) is 23.4 Å². The highest BCUT2D eigenvalue weighted by atomic mass is 28.4. The molecule has 3 aromatic carbocycles. The summed E-state index contributed by atoms with van der Waals surface area (Å²) in [6.07, 6.45) is 0.0253. The van der Waals surface area contributed by atoms with E-state index >= 15 is 0 Å². The fourth-order valence-corrected chi connectivity index (χ4v) is 7.54. The molecule has 1 aliphatic rings. The van der Waals surface area contributed by atoms with Gasteiger partial charge in [-0.3, -0.25) is 14.3 Å². The van der Waals surface area contributed by atoms with Crippen LogP contribution in [0.15, 0.2) is 119 Å². The van der Waals surface area contributed by atoms with Crippen molar-refractivity contribution < 1.29 is 23.4 Å². The zero-order valence-corrected chi connectivity index (χ0v) is 30.4. The molecule has 1 fully saturated rings. The fraction of sp³-hybridized carbons (Fsp3) is 0.385. The Hall–Kier alpha value is -4.06. The van der Waals surface area contributed by atoms with Gasteiger partial charge in [-0.05, 0) is 53.4 Å². The molecule has 0 bridgehead atoms. The Kier molecular flexibility index (Phi) is 11.0. The first-order chi connectivity index (χ1) is 23.4. The van der Waals surface area contributed by atoms with E-state index in [0.717, 1.165) is 22.4 Å². The van der Waals surface area contributed by atoms with Crippen molar-refractivity contribution in [3.63, 3.8) is 0 Å². The molecular weight excluding hydrogens is 637 g/mol. The van der Waals surface area contributed by atoms with Crippen molar-refractivity contribution in [3.8, 4) is 5.75 Å². The Labute approximate surface area is 289 Å². The maximum absolute atomic E-state index is 13.2. The van der Waals surface area contributed by atoms with Gasteiger partial charge in [-0.1, -0.05) is 99.6 Å². The minimum atomic E-state index is -2.45. The van der Waals surface area contributed by atoms with Crippen LogP contribution >= 0.6 is 0 Å². The molecule has 5 rings (SSSR count). The molecule has 9 nitrogen and oxygen atoms in total. The molecule has 0 unspecified atom stereocenters. The smallest absolute Gasteiger partial charge is 0.330 e. The molecule has 49 heavy (non-hydrogen) atoms. The molecule has 1 saturated heterocycles. The van der Waals surface area contributed by atoms with Gasteiger partial charge in [-0.25, -0.2) is 4.79 Å². The number of methoxy groups -OCH3 is 2. The zero-order chi connectivity index (χ0) is 35.4. The Balaban J connectivity index is 1.72. The third-order valence-corrected chi connectivity index (χ3v) is 14.3. The van der Waals surface area contributed by atoms with Crippen LogP contribution in [0.5, 0.6) is 5.75 Å². The van der Waals surface area contributed by atoms with Gasteiger partial charge in [0.1, 0.15) is 29.7 Å². The molecule has 1 N–H and O–H groups in total. The van der Waals surface area contributed by atoms with Crippen molar-refractivity contribution in [1.29, 1.82) is 0 Å². The van der Waals surface area contributed by atoms with Crippen LogP contribution in [-0.4, -0.2) is 56.5 Å². The van der Waals surface area contributed by atoms with Crippen LogP contribution in [0.25, 0.3) is 0 Å². The topological polar surface area (TPSA) is 101 Å². The molecule has 260 valence electrons. The normalized spacial score (nSPS) is 20.6. The van der Waals surface area contributed by atoms with E-state index < -0.39 is 55.8 Å². The van der Waals surface area contributed by atoms with Gasteiger partial charge in [-0.15, -0.1) is 6.58 Å². The van der Waals surface area contributed by atoms with Gasteiger partial charge in [-0.2, -0.15) is 0 Å². The van der Waals surface area contributed by atoms with Crippen LogP contribution in [0.1, 0.15) is 50.1 Å². The fourth-order valence-electron chi connectivity index (χ4n) is 6.23. The molecule has 4 aromatic rings. The lowest BCUT2D eigenvalue weighted by Crippen LogP contribution is -2.53. The van der Waals surface area contributed by atoms with E-state index in [0.29, 0.717) is 6.42 Å². The lowest BCUT2D eigenvalue weighted by Gasteiger charge is -2.43. The van der Waals surface area contributed by atoms with E-state index in [1.54, 1.807) is 14.2 Å². The van der Waals surface area contributed by atoms with Crippen molar-refractivity contribution >= 4 is 8.32 Å².